The third kappa shape index (κ3) is 7.39. The van der Waals surface area contributed by atoms with E-state index < -0.39 is 0 Å². The van der Waals surface area contributed by atoms with Crippen LogP contribution in [0.3, 0.4) is 0 Å². The van der Waals surface area contributed by atoms with Gasteiger partial charge in [0, 0.05) is 45.2 Å². The minimum absolute atomic E-state index is 0.191. The molecule has 0 radical (unpaired) electrons. The Morgan fingerprint density at radius 2 is 1.21 bits per heavy atom. The molecule has 0 fully saturated rings. The highest BCUT2D eigenvalue weighted by atomic mass is 16.2. The predicted molar refractivity (Wildman–Crippen MR) is 181 cm³/mol. The number of hydrogen-bond acceptors (Lipinski definition) is 5. The number of H-pyrrole nitrogens is 2. The first-order valence-electron chi connectivity index (χ1n) is 15.3. The summed E-state index contributed by atoms with van der Waals surface area (Å²) < 4.78 is 3.94. The molecule has 238 valence electrons. The van der Waals surface area contributed by atoms with Crippen LogP contribution in [0.5, 0.6) is 0 Å². The molecule has 4 heterocycles. The van der Waals surface area contributed by atoms with Crippen LogP contribution in [0.25, 0.3) is 21.8 Å². The number of aromatic nitrogens is 4. The molecule has 0 aliphatic heterocycles. The van der Waals surface area contributed by atoms with Crippen LogP contribution in [0.2, 0.25) is 0 Å². The number of aryl methyl sites for hydroxylation is 2. The van der Waals surface area contributed by atoms with Crippen LogP contribution in [-0.2, 0) is 14.1 Å². The highest BCUT2D eigenvalue weighted by Crippen LogP contribution is 2.22. The number of carbonyl (C=O) groups excluding carboxylic acids is 3. The highest BCUT2D eigenvalue weighted by Gasteiger charge is 2.15. The van der Waals surface area contributed by atoms with Crippen LogP contribution < -0.4 is 35.7 Å². The molecule has 0 aliphatic carbocycles. The van der Waals surface area contributed by atoms with Crippen molar-refractivity contribution < 1.29 is 23.5 Å². The van der Waals surface area contributed by atoms with E-state index >= 15 is 0 Å². The Labute approximate surface area is 271 Å². The van der Waals surface area contributed by atoms with Gasteiger partial charge in [0.05, 0.1) is 39.6 Å². The maximum absolute atomic E-state index is 13.1. The van der Waals surface area contributed by atoms with Crippen molar-refractivity contribution in [2.75, 3.05) is 42.1 Å². The molecule has 4 aromatic heterocycles. The fourth-order valence-electron chi connectivity index (χ4n) is 5.27. The van der Waals surface area contributed by atoms with Crippen molar-refractivity contribution in [3.63, 3.8) is 0 Å². The number of aromatic amines is 2. The van der Waals surface area contributed by atoms with Gasteiger partial charge in [-0.15, -0.1) is 0 Å². The summed E-state index contributed by atoms with van der Waals surface area (Å²) in [6.07, 6.45) is 3.90. The maximum atomic E-state index is 13.1. The van der Waals surface area contributed by atoms with E-state index in [4.69, 9.17) is 0 Å². The van der Waals surface area contributed by atoms with E-state index in [1.807, 2.05) is 78.1 Å². The van der Waals surface area contributed by atoms with E-state index in [0.29, 0.717) is 48.8 Å². The molecular weight excluding hydrogens is 594 g/mol. The van der Waals surface area contributed by atoms with Crippen LogP contribution in [0.1, 0.15) is 31.3 Å². The van der Waals surface area contributed by atoms with E-state index in [0.717, 1.165) is 33.4 Å². The zero-order valence-corrected chi connectivity index (χ0v) is 26.2. The van der Waals surface area contributed by atoms with E-state index in [2.05, 4.69) is 36.6 Å². The van der Waals surface area contributed by atoms with Crippen molar-refractivity contribution >= 4 is 56.9 Å². The standard InChI is InChI=1S/C35H35N9O3/c1-43-17-5-3-7-31(43)36-13-15-38-33(45)24-10-12-27-25(19-24)21-30(41-27)35(47)40-26-11-9-23-20-29(42-28(23)22-26)34(46)39-16-14-37-32-8-4-6-18-44(32)2/h3-12,17-22H,13-16H2,1-2H3,(H5,38,39,40,41,42,45,46,47)/p+2. The van der Waals surface area contributed by atoms with Crippen LogP contribution in [-0.4, -0.2) is 53.9 Å². The highest BCUT2D eigenvalue weighted by molar-refractivity contribution is 6.08. The van der Waals surface area contributed by atoms with Gasteiger partial charge >= 0.3 is 0 Å². The van der Waals surface area contributed by atoms with Crippen molar-refractivity contribution in [3.8, 4) is 0 Å². The van der Waals surface area contributed by atoms with Crippen LogP contribution in [0, 0.1) is 0 Å². The van der Waals surface area contributed by atoms with Crippen molar-refractivity contribution in [2.45, 2.75) is 0 Å². The number of nitrogens with one attached hydrogen (secondary N) is 7. The minimum Gasteiger partial charge on any atom is -0.351 e. The number of benzene rings is 2. The first-order chi connectivity index (χ1) is 22.8. The van der Waals surface area contributed by atoms with Gasteiger partial charge in [-0.3, -0.25) is 25.0 Å². The van der Waals surface area contributed by atoms with Crippen molar-refractivity contribution in [1.29, 1.82) is 0 Å². The van der Waals surface area contributed by atoms with E-state index in [-0.39, 0.29) is 17.7 Å². The lowest BCUT2D eigenvalue weighted by Gasteiger charge is -2.05. The summed E-state index contributed by atoms with van der Waals surface area (Å²) in [7, 11) is 3.90. The quantitative estimate of drug-likeness (QED) is 0.0818. The molecule has 0 unspecified atom stereocenters. The lowest BCUT2D eigenvalue weighted by atomic mass is 10.1. The number of fused-ring (bicyclic) bond motifs is 2. The van der Waals surface area contributed by atoms with Gasteiger partial charge < -0.3 is 25.9 Å². The molecule has 6 aromatic rings. The largest absolute Gasteiger partial charge is 0.351 e. The Morgan fingerprint density at radius 3 is 1.89 bits per heavy atom. The third-order valence-electron chi connectivity index (χ3n) is 7.80. The molecule has 12 nitrogen and oxygen atoms in total. The predicted octanol–water partition coefficient (Wildman–Crippen LogP) is 3.23. The molecular formula is C35H37N9O3+2. The summed E-state index contributed by atoms with van der Waals surface area (Å²) in [5.74, 6) is 1.19. The number of amides is 3. The summed E-state index contributed by atoms with van der Waals surface area (Å²) >= 11 is 0. The second-order valence-electron chi connectivity index (χ2n) is 11.2. The van der Waals surface area contributed by atoms with Crippen molar-refractivity contribution in [1.82, 2.24) is 20.6 Å². The SMILES string of the molecule is C[n+]1ccccc1NCCNC(=O)c1ccc2[nH]c(C(=O)Nc3ccc4cc(C(=O)NCCNc5cccc[n+]5C)[nH]c4c3)cc2c1. The molecule has 0 atom stereocenters. The first-order valence-corrected chi connectivity index (χ1v) is 15.3. The number of nitrogens with zero attached hydrogens (tertiary/aromatic N) is 2. The van der Waals surface area contributed by atoms with Crippen molar-refractivity contribution in [2.24, 2.45) is 14.1 Å². The molecule has 7 N–H and O–H groups in total. The average Bonchev–Trinajstić information content (AvgIpc) is 3.70. The monoisotopic (exact) mass is 631 g/mol. The topological polar surface area (TPSA) is 151 Å². The summed E-state index contributed by atoms with van der Waals surface area (Å²) in [5, 5.41) is 16.9. The van der Waals surface area contributed by atoms with E-state index in [9.17, 15) is 14.4 Å². The van der Waals surface area contributed by atoms with Crippen LogP contribution in [0.15, 0.2) is 97.3 Å². The van der Waals surface area contributed by atoms with Gasteiger partial charge in [-0.2, -0.15) is 0 Å². The van der Waals surface area contributed by atoms with Gasteiger partial charge in [-0.1, -0.05) is 18.2 Å². The molecule has 2 aromatic carbocycles. The summed E-state index contributed by atoms with van der Waals surface area (Å²) in [5.41, 5.74) is 3.35. The summed E-state index contributed by atoms with van der Waals surface area (Å²) in [6.45, 7) is 2.06. The molecule has 0 aliphatic rings. The average molecular weight is 632 g/mol. The van der Waals surface area contributed by atoms with Gasteiger partial charge in [0.2, 0.25) is 0 Å². The van der Waals surface area contributed by atoms with Gasteiger partial charge in [-0.05, 0) is 54.6 Å². The van der Waals surface area contributed by atoms with Gasteiger partial charge in [0.25, 0.3) is 29.4 Å². The zero-order chi connectivity index (χ0) is 32.8. The lowest BCUT2D eigenvalue weighted by molar-refractivity contribution is -0.657. The molecule has 0 spiro atoms. The second-order valence-corrected chi connectivity index (χ2v) is 11.2. The smallest absolute Gasteiger partial charge is 0.274 e. The Kier molecular flexibility index (Phi) is 9.09. The molecule has 6 rings (SSSR count). The molecule has 0 bridgehead atoms. The number of anilines is 3. The fraction of sp³-hybridized carbons (Fsp3) is 0.171. The molecule has 0 saturated carbocycles. The normalized spacial score (nSPS) is 10.9. The van der Waals surface area contributed by atoms with E-state index in [1.54, 1.807) is 42.5 Å². The Hall–Kier alpha value is -6.17. The minimum atomic E-state index is -0.324. The van der Waals surface area contributed by atoms with Crippen LogP contribution in [0.4, 0.5) is 17.3 Å². The van der Waals surface area contributed by atoms with Crippen molar-refractivity contribution in [3.05, 3.63) is 114 Å². The lowest BCUT2D eigenvalue weighted by Crippen LogP contribution is -2.35. The molecule has 3 amide bonds. The molecule has 12 heteroatoms. The number of pyridine rings is 2. The maximum Gasteiger partial charge on any atom is 0.274 e. The number of rotatable bonds is 12. The second kappa shape index (κ2) is 13.9. The Balaban J connectivity index is 1.02. The number of hydrogen-bond donors (Lipinski definition) is 7. The van der Waals surface area contributed by atoms with Gasteiger partial charge in [0.15, 0.2) is 0 Å². The number of carbonyl (C=O) groups is 3. The Morgan fingerprint density at radius 1 is 0.596 bits per heavy atom. The fourth-order valence-corrected chi connectivity index (χ4v) is 5.27. The third-order valence-corrected chi connectivity index (χ3v) is 7.80. The summed E-state index contributed by atoms with van der Waals surface area (Å²) in [4.78, 5) is 44.9. The van der Waals surface area contributed by atoms with Gasteiger partial charge in [0.1, 0.15) is 24.5 Å². The van der Waals surface area contributed by atoms with Crippen LogP contribution >= 0.6 is 0 Å². The van der Waals surface area contributed by atoms with E-state index in [1.165, 1.54) is 0 Å². The first kappa shape index (κ1) is 30.8. The summed E-state index contributed by atoms with van der Waals surface area (Å²) in [6, 6.07) is 26.0. The van der Waals surface area contributed by atoms with Gasteiger partial charge in [-0.25, -0.2) is 9.13 Å². The molecule has 0 saturated heterocycles. The Bertz CT molecular complexity index is 2080. The zero-order valence-electron chi connectivity index (χ0n) is 26.2. The molecule has 47 heavy (non-hydrogen) atoms.